The molecule has 1 amide bonds. The third-order valence-corrected chi connectivity index (χ3v) is 4.81. The summed E-state index contributed by atoms with van der Waals surface area (Å²) in [6.07, 6.45) is 1.81. The summed E-state index contributed by atoms with van der Waals surface area (Å²) in [4.78, 5) is 22.1. The van der Waals surface area contributed by atoms with Crippen molar-refractivity contribution in [1.82, 2.24) is 30.7 Å². The number of ether oxygens (including phenoxy) is 1. The molecule has 1 aromatic carbocycles. The van der Waals surface area contributed by atoms with Crippen molar-refractivity contribution in [2.24, 2.45) is 4.99 Å². The number of aromatic amines is 1. The summed E-state index contributed by atoms with van der Waals surface area (Å²) in [5.74, 6) is 3.01. The van der Waals surface area contributed by atoms with Gasteiger partial charge in [0.2, 0.25) is 5.91 Å². The average molecular weight is 385 g/mol. The number of nitrogens with zero attached hydrogens (tertiary/aromatic N) is 4. The maximum Gasteiger partial charge on any atom is 0.219 e. The fraction of sp³-hybridized carbons (Fsp3) is 0.474. The SMILES string of the molecule is CN=C(NCc1nc(-c2ccc(OC)cc2)n[nH]1)NC1CCN(C(C)=O)CC1. The molecule has 0 spiro atoms. The molecular formula is C19H27N7O2. The Balaban J connectivity index is 1.50. The first kappa shape index (κ1) is 19.7. The first-order chi connectivity index (χ1) is 13.6. The topological polar surface area (TPSA) is 108 Å². The number of H-pyrrole nitrogens is 1. The molecule has 3 N–H and O–H groups in total. The van der Waals surface area contributed by atoms with Gasteiger partial charge in [-0.3, -0.25) is 14.9 Å². The zero-order chi connectivity index (χ0) is 19.9. The Kier molecular flexibility index (Phi) is 6.46. The van der Waals surface area contributed by atoms with Gasteiger partial charge in [-0.05, 0) is 37.1 Å². The molecule has 28 heavy (non-hydrogen) atoms. The summed E-state index contributed by atoms with van der Waals surface area (Å²) in [7, 11) is 3.38. The van der Waals surface area contributed by atoms with Crippen LogP contribution in [0.4, 0.5) is 0 Å². The first-order valence-corrected chi connectivity index (χ1v) is 9.37. The van der Waals surface area contributed by atoms with Gasteiger partial charge in [0, 0.05) is 38.7 Å². The van der Waals surface area contributed by atoms with Crippen molar-refractivity contribution in [3.05, 3.63) is 30.1 Å². The van der Waals surface area contributed by atoms with Crippen molar-refractivity contribution in [2.45, 2.75) is 32.4 Å². The third-order valence-electron chi connectivity index (χ3n) is 4.81. The fourth-order valence-electron chi connectivity index (χ4n) is 3.14. The van der Waals surface area contributed by atoms with Crippen LogP contribution in [0.5, 0.6) is 5.75 Å². The van der Waals surface area contributed by atoms with Gasteiger partial charge in [0.05, 0.1) is 13.7 Å². The molecular weight excluding hydrogens is 358 g/mol. The number of carbonyl (C=O) groups excluding carboxylic acids is 1. The third kappa shape index (κ3) is 4.99. The minimum absolute atomic E-state index is 0.138. The van der Waals surface area contributed by atoms with E-state index in [2.05, 4.69) is 30.8 Å². The van der Waals surface area contributed by atoms with Crippen molar-refractivity contribution >= 4 is 11.9 Å². The van der Waals surface area contributed by atoms with Crippen molar-refractivity contribution in [3.63, 3.8) is 0 Å². The number of nitrogens with one attached hydrogen (secondary N) is 3. The number of hydrogen-bond donors (Lipinski definition) is 3. The van der Waals surface area contributed by atoms with Crippen molar-refractivity contribution < 1.29 is 9.53 Å². The minimum Gasteiger partial charge on any atom is -0.497 e. The number of benzene rings is 1. The molecule has 3 rings (SSSR count). The molecule has 0 atom stereocenters. The van der Waals surface area contributed by atoms with Gasteiger partial charge >= 0.3 is 0 Å². The number of carbonyl (C=O) groups is 1. The monoisotopic (exact) mass is 385 g/mol. The smallest absolute Gasteiger partial charge is 0.219 e. The molecule has 1 aliphatic rings. The molecule has 1 aromatic heterocycles. The maximum absolute atomic E-state index is 11.4. The normalized spacial score (nSPS) is 15.4. The van der Waals surface area contributed by atoms with Crippen LogP contribution < -0.4 is 15.4 Å². The number of hydrogen-bond acceptors (Lipinski definition) is 5. The van der Waals surface area contributed by atoms with Crippen LogP contribution in [0.25, 0.3) is 11.4 Å². The number of guanidine groups is 1. The van der Waals surface area contributed by atoms with E-state index in [1.165, 1.54) is 0 Å². The van der Waals surface area contributed by atoms with E-state index in [0.29, 0.717) is 24.4 Å². The van der Waals surface area contributed by atoms with Crippen LogP contribution in [-0.4, -0.2) is 65.2 Å². The first-order valence-electron chi connectivity index (χ1n) is 9.37. The van der Waals surface area contributed by atoms with E-state index >= 15 is 0 Å². The minimum atomic E-state index is 0.138. The Morgan fingerprint density at radius 2 is 2.04 bits per heavy atom. The zero-order valence-corrected chi connectivity index (χ0v) is 16.5. The molecule has 9 nitrogen and oxygen atoms in total. The predicted molar refractivity (Wildman–Crippen MR) is 107 cm³/mol. The van der Waals surface area contributed by atoms with E-state index in [9.17, 15) is 4.79 Å². The second-order valence-corrected chi connectivity index (χ2v) is 6.68. The van der Waals surface area contributed by atoms with Crippen molar-refractivity contribution in [2.75, 3.05) is 27.2 Å². The lowest BCUT2D eigenvalue weighted by Gasteiger charge is -2.32. The van der Waals surface area contributed by atoms with E-state index in [1.54, 1.807) is 21.1 Å². The number of methoxy groups -OCH3 is 1. The largest absolute Gasteiger partial charge is 0.497 e. The molecule has 2 aromatic rings. The number of likely N-dealkylation sites (tertiary alicyclic amines) is 1. The molecule has 0 unspecified atom stereocenters. The van der Waals surface area contributed by atoms with Gasteiger partial charge in [0.1, 0.15) is 11.6 Å². The number of aromatic nitrogens is 3. The van der Waals surface area contributed by atoms with Crippen LogP contribution in [0.1, 0.15) is 25.6 Å². The van der Waals surface area contributed by atoms with E-state index in [-0.39, 0.29) is 5.91 Å². The molecule has 150 valence electrons. The summed E-state index contributed by atoms with van der Waals surface area (Å²) in [5.41, 5.74) is 0.919. The second kappa shape index (κ2) is 9.20. The number of piperidine rings is 1. The van der Waals surface area contributed by atoms with Gasteiger partial charge in [0.15, 0.2) is 11.8 Å². The van der Waals surface area contributed by atoms with Crippen LogP contribution in [0.2, 0.25) is 0 Å². The van der Waals surface area contributed by atoms with Gasteiger partial charge in [0.25, 0.3) is 0 Å². The standard InChI is InChI=1S/C19H27N7O2/c1-13(27)26-10-8-15(9-11-26)22-19(20-2)21-12-17-23-18(25-24-17)14-4-6-16(28-3)7-5-14/h4-7,15H,8-12H2,1-3H3,(H2,20,21,22)(H,23,24,25). The highest BCUT2D eigenvalue weighted by molar-refractivity contribution is 5.80. The van der Waals surface area contributed by atoms with Gasteiger partial charge in [-0.15, -0.1) is 0 Å². The highest BCUT2D eigenvalue weighted by atomic mass is 16.5. The molecule has 1 aliphatic heterocycles. The average Bonchev–Trinajstić information content (AvgIpc) is 3.20. The Morgan fingerprint density at radius 3 is 2.64 bits per heavy atom. The summed E-state index contributed by atoms with van der Waals surface area (Å²) < 4.78 is 5.17. The quantitative estimate of drug-likeness (QED) is 0.527. The Bertz CT molecular complexity index is 808. The lowest BCUT2D eigenvalue weighted by Crippen LogP contribution is -2.49. The summed E-state index contributed by atoms with van der Waals surface area (Å²) >= 11 is 0. The van der Waals surface area contributed by atoms with Gasteiger partial charge < -0.3 is 20.3 Å². The van der Waals surface area contributed by atoms with Crippen LogP contribution in [0, 0.1) is 0 Å². The highest BCUT2D eigenvalue weighted by Crippen LogP contribution is 2.18. The molecule has 0 bridgehead atoms. The number of rotatable bonds is 5. The molecule has 1 saturated heterocycles. The number of amides is 1. The lowest BCUT2D eigenvalue weighted by molar-refractivity contribution is -0.129. The molecule has 1 fully saturated rings. The molecule has 0 radical (unpaired) electrons. The maximum atomic E-state index is 11.4. The Hall–Kier alpha value is -3.10. The van der Waals surface area contributed by atoms with E-state index in [1.807, 2.05) is 29.2 Å². The molecule has 0 aliphatic carbocycles. The van der Waals surface area contributed by atoms with Gasteiger partial charge in [-0.25, -0.2) is 4.98 Å². The molecule has 9 heteroatoms. The zero-order valence-electron chi connectivity index (χ0n) is 16.5. The number of aliphatic imine (C=N–C) groups is 1. The van der Waals surface area contributed by atoms with Crippen molar-refractivity contribution in [1.29, 1.82) is 0 Å². The van der Waals surface area contributed by atoms with Crippen LogP contribution in [0.3, 0.4) is 0 Å². The van der Waals surface area contributed by atoms with Crippen molar-refractivity contribution in [3.8, 4) is 17.1 Å². The summed E-state index contributed by atoms with van der Waals surface area (Å²) in [6, 6.07) is 7.91. The summed E-state index contributed by atoms with van der Waals surface area (Å²) in [6.45, 7) is 3.65. The molecule has 0 saturated carbocycles. The Morgan fingerprint density at radius 1 is 1.32 bits per heavy atom. The fourth-order valence-corrected chi connectivity index (χ4v) is 3.14. The Labute approximate surface area is 164 Å². The van der Waals surface area contributed by atoms with E-state index in [4.69, 9.17) is 4.74 Å². The van der Waals surface area contributed by atoms with Crippen LogP contribution in [0.15, 0.2) is 29.3 Å². The van der Waals surface area contributed by atoms with Gasteiger partial charge in [-0.2, -0.15) is 5.10 Å². The summed E-state index contributed by atoms with van der Waals surface area (Å²) in [5, 5.41) is 13.9. The van der Waals surface area contributed by atoms with E-state index < -0.39 is 0 Å². The molecule has 2 heterocycles. The van der Waals surface area contributed by atoms with Crippen LogP contribution >= 0.6 is 0 Å². The highest BCUT2D eigenvalue weighted by Gasteiger charge is 2.21. The van der Waals surface area contributed by atoms with E-state index in [0.717, 1.165) is 43.1 Å². The van der Waals surface area contributed by atoms with Crippen LogP contribution in [-0.2, 0) is 11.3 Å². The van der Waals surface area contributed by atoms with Gasteiger partial charge in [-0.1, -0.05) is 0 Å². The second-order valence-electron chi connectivity index (χ2n) is 6.68. The lowest BCUT2D eigenvalue weighted by atomic mass is 10.1. The predicted octanol–water partition coefficient (Wildman–Crippen LogP) is 1.16.